The molecule has 0 unspecified atom stereocenters. The first-order valence-corrected chi connectivity index (χ1v) is 2.90. The number of fused-ring (bicyclic) bond motifs is 1. The van der Waals surface area contributed by atoms with Gasteiger partial charge in [0.05, 0.1) is 6.20 Å². The highest BCUT2D eigenvalue weighted by Gasteiger charge is 2.11. The number of aryl methyl sites for hydroxylation is 1. The Kier molecular flexibility index (Phi) is 0.943. The minimum Gasteiger partial charge on any atom is -0.457 e. The Morgan fingerprint density at radius 1 is 1.40 bits per heavy atom. The Morgan fingerprint density at radius 3 is 3.10 bits per heavy atom. The molecule has 0 aromatic heterocycles. The number of rotatable bonds is 0. The molecule has 0 radical (unpaired) electrons. The Bertz CT molecular complexity index is 317. The van der Waals surface area contributed by atoms with Crippen LogP contribution in [0.1, 0.15) is 5.69 Å². The van der Waals surface area contributed by atoms with Gasteiger partial charge in [-0.2, -0.15) is 0 Å². The molecule has 0 aromatic rings. The van der Waals surface area contributed by atoms with E-state index in [1.54, 1.807) is 6.20 Å². The molecule has 0 spiro atoms. The quantitative estimate of drug-likeness (QED) is 0.538. The van der Waals surface area contributed by atoms with Crippen LogP contribution in [0.4, 0.5) is 0 Å². The number of hydrogen-bond acceptors (Lipinski definition) is 4. The van der Waals surface area contributed by atoms with Crippen LogP contribution in [0.15, 0.2) is 16.9 Å². The third-order valence-electron chi connectivity index (χ3n) is 1.27. The largest absolute Gasteiger partial charge is 0.457 e. The van der Waals surface area contributed by atoms with Crippen molar-refractivity contribution in [2.24, 2.45) is 0 Å². The van der Waals surface area contributed by atoms with E-state index >= 15 is 0 Å². The zero-order valence-corrected chi connectivity index (χ0v) is 5.40. The summed E-state index contributed by atoms with van der Waals surface area (Å²) in [5.74, 6) is 1.24. The topological polar surface area (TPSA) is 51.8 Å². The molecular formula is C6H5N3O. The van der Waals surface area contributed by atoms with Gasteiger partial charge in [-0.3, -0.25) is 0 Å². The molecule has 2 heterocycles. The van der Waals surface area contributed by atoms with Gasteiger partial charge in [-0.15, -0.1) is 10.2 Å². The number of hydrogen-bond donors (Lipinski definition) is 0. The van der Waals surface area contributed by atoms with Crippen LogP contribution in [-0.4, -0.2) is 15.2 Å². The molecule has 0 aliphatic carbocycles. The molecule has 2 aliphatic heterocycles. The molecule has 4 nitrogen and oxygen atoms in total. The van der Waals surface area contributed by atoms with Gasteiger partial charge < -0.3 is 4.42 Å². The summed E-state index contributed by atoms with van der Waals surface area (Å²) in [6, 6.07) is 0. The summed E-state index contributed by atoms with van der Waals surface area (Å²) in [4.78, 5) is 3.93. The van der Waals surface area contributed by atoms with Crippen molar-refractivity contribution in [3.8, 4) is 11.6 Å². The molecule has 0 fully saturated rings. The van der Waals surface area contributed by atoms with E-state index in [0.29, 0.717) is 11.6 Å². The lowest BCUT2D eigenvalue weighted by Crippen LogP contribution is -1.80. The van der Waals surface area contributed by atoms with Crippen LogP contribution in [0, 0.1) is 6.92 Å². The van der Waals surface area contributed by atoms with Crippen molar-refractivity contribution < 1.29 is 4.42 Å². The van der Waals surface area contributed by atoms with Crippen LogP contribution in [0.2, 0.25) is 0 Å². The fraction of sp³-hybridized carbons (Fsp3) is 0.167. The van der Waals surface area contributed by atoms with Gasteiger partial charge in [-0.25, -0.2) is 4.98 Å². The maximum Gasteiger partial charge on any atom is 0.219 e. The first-order chi connectivity index (χ1) is 4.88. The van der Waals surface area contributed by atoms with Gasteiger partial charge in [0.15, 0.2) is 5.76 Å². The molecule has 50 valence electrons. The molecule has 0 aromatic carbocycles. The third kappa shape index (κ3) is 0.586. The van der Waals surface area contributed by atoms with Gasteiger partial charge in [0.2, 0.25) is 5.82 Å². The Labute approximate surface area is 57.3 Å². The van der Waals surface area contributed by atoms with Crippen LogP contribution in [0.25, 0.3) is 11.6 Å². The van der Waals surface area contributed by atoms with Gasteiger partial charge in [0.25, 0.3) is 0 Å². The van der Waals surface area contributed by atoms with E-state index in [1.807, 2.05) is 6.92 Å². The highest BCUT2D eigenvalue weighted by Crippen LogP contribution is 2.17. The molecule has 0 saturated heterocycles. The third-order valence-corrected chi connectivity index (χ3v) is 1.27. The fourth-order valence-electron chi connectivity index (χ4n) is 0.797. The fourth-order valence-corrected chi connectivity index (χ4v) is 0.797. The highest BCUT2D eigenvalue weighted by atomic mass is 16.3. The monoisotopic (exact) mass is 135 g/mol. The molecule has 0 amide bonds. The van der Waals surface area contributed by atoms with E-state index in [4.69, 9.17) is 4.42 Å². The van der Waals surface area contributed by atoms with Crippen LogP contribution < -0.4 is 0 Å². The summed E-state index contributed by atoms with van der Waals surface area (Å²) in [6.07, 6.45) is 3.06. The second-order valence-corrected chi connectivity index (χ2v) is 1.97. The lowest BCUT2D eigenvalue weighted by Gasteiger charge is -1.90. The minimum absolute atomic E-state index is 0.569. The highest BCUT2D eigenvalue weighted by molar-refractivity contribution is 5.49. The van der Waals surface area contributed by atoms with Gasteiger partial charge in [0, 0.05) is 0 Å². The zero-order chi connectivity index (χ0) is 6.97. The van der Waals surface area contributed by atoms with Crippen molar-refractivity contribution in [1.82, 2.24) is 15.2 Å². The van der Waals surface area contributed by atoms with Crippen molar-refractivity contribution >= 4 is 0 Å². The SMILES string of the molecule is Cc1nnc2nccoc1-2. The average molecular weight is 135 g/mol. The number of aromatic nitrogens is 3. The van der Waals surface area contributed by atoms with Gasteiger partial charge >= 0.3 is 0 Å². The smallest absolute Gasteiger partial charge is 0.219 e. The normalized spacial score (nSPS) is 10.5. The zero-order valence-electron chi connectivity index (χ0n) is 5.40. The van der Waals surface area contributed by atoms with E-state index < -0.39 is 0 Å². The molecule has 0 saturated carbocycles. The Morgan fingerprint density at radius 2 is 2.30 bits per heavy atom. The van der Waals surface area contributed by atoms with Crippen molar-refractivity contribution in [2.75, 3.05) is 0 Å². The lowest BCUT2D eigenvalue weighted by atomic mass is 10.4. The van der Waals surface area contributed by atoms with Gasteiger partial charge in [-0.05, 0) is 6.92 Å². The second kappa shape index (κ2) is 1.76. The van der Waals surface area contributed by atoms with Crippen LogP contribution in [-0.2, 0) is 0 Å². The maximum absolute atomic E-state index is 5.09. The summed E-state index contributed by atoms with van der Waals surface area (Å²) >= 11 is 0. The summed E-state index contributed by atoms with van der Waals surface area (Å²) in [5.41, 5.74) is 0.781. The predicted octanol–water partition coefficient (Wildman–Crippen LogP) is 0.878. The lowest BCUT2D eigenvalue weighted by molar-refractivity contribution is 0.553. The molecule has 2 aliphatic rings. The van der Waals surface area contributed by atoms with Crippen LogP contribution >= 0.6 is 0 Å². The van der Waals surface area contributed by atoms with E-state index in [1.165, 1.54) is 6.26 Å². The van der Waals surface area contributed by atoms with Crippen LogP contribution in [0.5, 0.6) is 0 Å². The molecule has 4 heteroatoms. The summed E-state index contributed by atoms with van der Waals surface area (Å²) in [7, 11) is 0. The van der Waals surface area contributed by atoms with Crippen LogP contribution in [0.3, 0.4) is 0 Å². The number of nitrogens with zero attached hydrogens (tertiary/aromatic N) is 3. The average Bonchev–Trinajstić information content (AvgIpc) is 2.34. The molecular weight excluding hydrogens is 130 g/mol. The van der Waals surface area contributed by atoms with Crippen molar-refractivity contribution in [1.29, 1.82) is 0 Å². The van der Waals surface area contributed by atoms with E-state index in [9.17, 15) is 0 Å². The van der Waals surface area contributed by atoms with Gasteiger partial charge in [0.1, 0.15) is 12.0 Å². The molecule has 0 N–H and O–H groups in total. The van der Waals surface area contributed by atoms with Crippen molar-refractivity contribution in [3.63, 3.8) is 0 Å². The molecule has 10 heavy (non-hydrogen) atoms. The van der Waals surface area contributed by atoms with E-state index in [2.05, 4.69) is 15.2 Å². The van der Waals surface area contributed by atoms with Gasteiger partial charge in [-0.1, -0.05) is 0 Å². The first kappa shape index (κ1) is 5.34. The Balaban J connectivity index is 2.78. The summed E-state index contributed by atoms with van der Waals surface area (Å²) in [6.45, 7) is 1.83. The Hall–Kier alpha value is -1.45. The summed E-state index contributed by atoms with van der Waals surface area (Å²) in [5, 5.41) is 7.55. The predicted molar refractivity (Wildman–Crippen MR) is 33.5 cm³/mol. The molecule has 2 rings (SSSR count). The van der Waals surface area contributed by atoms with E-state index in [0.717, 1.165) is 5.69 Å². The second-order valence-electron chi connectivity index (χ2n) is 1.97. The van der Waals surface area contributed by atoms with Crippen molar-refractivity contribution in [2.45, 2.75) is 6.92 Å². The van der Waals surface area contributed by atoms with E-state index in [-0.39, 0.29) is 0 Å². The standard InChI is InChI=1S/C6H5N3O/c1-4-5-6(9-8-4)7-2-3-10-5/h2-3H,1H3. The maximum atomic E-state index is 5.09. The molecule has 0 bridgehead atoms. The minimum atomic E-state index is 0.569. The first-order valence-electron chi connectivity index (χ1n) is 2.90. The molecule has 0 atom stereocenters. The summed E-state index contributed by atoms with van der Waals surface area (Å²) < 4.78 is 5.09. The van der Waals surface area contributed by atoms with Crippen molar-refractivity contribution in [3.05, 3.63) is 18.2 Å².